The molecule has 0 radical (unpaired) electrons. The van der Waals surface area contributed by atoms with E-state index in [1.54, 1.807) is 6.07 Å². The number of hydrogen-bond donors (Lipinski definition) is 1. The van der Waals surface area contributed by atoms with E-state index in [9.17, 15) is 4.39 Å². The molecule has 0 saturated heterocycles. The van der Waals surface area contributed by atoms with Crippen molar-refractivity contribution < 1.29 is 4.39 Å². The lowest BCUT2D eigenvalue weighted by Gasteiger charge is -2.09. The number of hydrogen-bond acceptors (Lipinski definition) is 1. The van der Waals surface area contributed by atoms with Crippen LogP contribution in [0.2, 0.25) is 0 Å². The Labute approximate surface area is 110 Å². The second-order valence-electron chi connectivity index (χ2n) is 5.34. The summed E-state index contributed by atoms with van der Waals surface area (Å²) >= 11 is 0. The van der Waals surface area contributed by atoms with Crippen LogP contribution in [0.15, 0.2) is 18.2 Å². The van der Waals surface area contributed by atoms with Crippen LogP contribution in [-0.2, 0) is 0 Å². The van der Waals surface area contributed by atoms with Gasteiger partial charge >= 0.3 is 0 Å². The molecule has 0 amide bonds. The van der Waals surface area contributed by atoms with Gasteiger partial charge in [0, 0.05) is 12.5 Å². The number of benzene rings is 1. The van der Waals surface area contributed by atoms with E-state index >= 15 is 0 Å². The summed E-state index contributed by atoms with van der Waals surface area (Å²) < 4.78 is 13.5. The van der Waals surface area contributed by atoms with E-state index in [2.05, 4.69) is 18.3 Å². The largest absolute Gasteiger partial charge is 0.382 e. The van der Waals surface area contributed by atoms with Crippen molar-refractivity contribution in [2.24, 2.45) is 0 Å². The van der Waals surface area contributed by atoms with Gasteiger partial charge in [-0.25, -0.2) is 4.39 Å². The molecule has 1 aromatic rings. The van der Waals surface area contributed by atoms with E-state index in [-0.39, 0.29) is 5.82 Å². The van der Waals surface area contributed by atoms with Crippen molar-refractivity contribution in [3.8, 4) is 0 Å². The zero-order chi connectivity index (χ0) is 12.8. The number of rotatable bonds is 7. The molecule has 0 bridgehead atoms. The van der Waals surface area contributed by atoms with Gasteiger partial charge in [0.1, 0.15) is 5.82 Å². The lowest BCUT2D eigenvalue weighted by molar-refractivity contribution is 0.556. The van der Waals surface area contributed by atoms with Crippen molar-refractivity contribution in [3.05, 3.63) is 29.6 Å². The fourth-order valence-corrected chi connectivity index (χ4v) is 2.83. The second kappa shape index (κ2) is 6.77. The molecule has 0 spiro atoms. The van der Waals surface area contributed by atoms with Gasteiger partial charge in [-0.1, -0.05) is 57.6 Å². The second-order valence-corrected chi connectivity index (χ2v) is 5.34. The molecule has 1 unspecified atom stereocenters. The Morgan fingerprint density at radius 2 is 1.94 bits per heavy atom. The topological polar surface area (TPSA) is 12.0 Å². The number of nitrogens with one attached hydrogen (secondary N) is 1. The zero-order valence-electron chi connectivity index (χ0n) is 11.3. The van der Waals surface area contributed by atoms with E-state index in [1.165, 1.54) is 50.5 Å². The van der Waals surface area contributed by atoms with E-state index in [0.717, 1.165) is 12.2 Å². The third-order valence-electron chi connectivity index (χ3n) is 3.92. The molecule has 2 rings (SSSR count). The first-order valence-electron chi connectivity index (χ1n) is 7.35. The summed E-state index contributed by atoms with van der Waals surface area (Å²) in [6.07, 6.45) is 9.16. The minimum absolute atomic E-state index is 0.0991. The summed E-state index contributed by atoms with van der Waals surface area (Å²) in [7, 11) is 0. The molecule has 18 heavy (non-hydrogen) atoms. The molecule has 2 heteroatoms. The van der Waals surface area contributed by atoms with Crippen LogP contribution in [0.25, 0.3) is 0 Å². The lowest BCUT2D eigenvalue weighted by atomic mass is 9.94. The SMILES string of the molecule is CCCCCCCCC1CNc2c(F)cccc21. The third kappa shape index (κ3) is 3.24. The van der Waals surface area contributed by atoms with Crippen LogP contribution in [0.5, 0.6) is 0 Å². The Balaban J connectivity index is 1.75. The number of unbranched alkanes of at least 4 members (excludes halogenated alkanes) is 5. The smallest absolute Gasteiger partial charge is 0.146 e. The van der Waals surface area contributed by atoms with E-state index in [1.807, 2.05) is 6.07 Å². The van der Waals surface area contributed by atoms with Crippen LogP contribution >= 0.6 is 0 Å². The quantitative estimate of drug-likeness (QED) is 0.664. The van der Waals surface area contributed by atoms with Crippen LogP contribution < -0.4 is 5.32 Å². The molecule has 1 nitrogen and oxygen atoms in total. The van der Waals surface area contributed by atoms with Gasteiger partial charge < -0.3 is 5.32 Å². The first-order chi connectivity index (χ1) is 8.83. The molecule has 1 heterocycles. The fraction of sp³-hybridized carbons (Fsp3) is 0.625. The van der Waals surface area contributed by atoms with Gasteiger partial charge in [0.25, 0.3) is 0 Å². The summed E-state index contributed by atoms with van der Waals surface area (Å²) in [6, 6.07) is 5.44. The van der Waals surface area contributed by atoms with Crippen molar-refractivity contribution in [3.63, 3.8) is 0 Å². The Bertz CT molecular complexity index is 375. The minimum Gasteiger partial charge on any atom is -0.382 e. The summed E-state index contributed by atoms with van der Waals surface area (Å²) in [5.41, 5.74) is 1.93. The lowest BCUT2D eigenvalue weighted by Crippen LogP contribution is -2.01. The van der Waals surface area contributed by atoms with Crippen molar-refractivity contribution in [2.75, 3.05) is 11.9 Å². The predicted octanol–water partition coefficient (Wildman–Crippen LogP) is 5.09. The standard InChI is InChI=1S/C16H24FN/c1-2-3-4-5-6-7-9-13-12-18-16-14(13)10-8-11-15(16)17/h8,10-11,13,18H,2-7,9,12H2,1H3. The molecule has 0 aromatic heterocycles. The van der Waals surface area contributed by atoms with E-state index in [4.69, 9.17) is 0 Å². The highest BCUT2D eigenvalue weighted by molar-refractivity contribution is 5.58. The zero-order valence-corrected chi connectivity index (χ0v) is 11.3. The van der Waals surface area contributed by atoms with Crippen LogP contribution in [-0.4, -0.2) is 6.54 Å². The summed E-state index contributed by atoms with van der Waals surface area (Å²) in [4.78, 5) is 0. The Kier molecular flexibility index (Phi) is 5.03. The predicted molar refractivity (Wildman–Crippen MR) is 75.6 cm³/mol. The molecular formula is C16H24FN. The molecule has 1 atom stereocenters. The van der Waals surface area contributed by atoms with Crippen LogP contribution in [0, 0.1) is 5.82 Å². The number of para-hydroxylation sites is 1. The number of halogens is 1. The van der Waals surface area contributed by atoms with Crippen molar-refractivity contribution >= 4 is 5.69 Å². The van der Waals surface area contributed by atoms with Crippen LogP contribution in [0.3, 0.4) is 0 Å². The highest BCUT2D eigenvalue weighted by Gasteiger charge is 2.23. The third-order valence-corrected chi connectivity index (χ3v) is 3.92. The molecule has 100 valence electrons. The number of fused-ring (bicyclic) bond motifs is 1. The maximum atomic E-state index is 13.5. The Morgan fingerprint density at radius 3 is 2.78 bits per heavy atom. The van der Waals surface area contributed by atoms with Gasteiger partial charge in [0.05, 0.1) is 5.69 Å². The molecule has 0 aliphatic carbocycles. The van der Waals surface area contributed by atoms with E-state index in [0.29, 0.717) is 5.92 Å². The summed E-state index contributed by atoms with van der Waals surface area (Å²) in [5, 5.41) is 3.20. The highest BCUT2D eigenvalue weighted by atomic mass is 19.1. The first-order valence-corrected chi connectivity index (χ1v) is 7.35. The molecule has 1 aliphatic heterocycles. The van der Waals surface area contributed by atoms with Crippen molar-refractivity contribution in [1.29, 1.82) is 0 Å². The van der Waals surface area contributed by atoms with Gasteiger partial charge in [-0.05, 0) is 18.1 Å². The summed E-state index contributed by atoms with van der Waals surface area (Å²) in [5.74, 6) is 0.417. The molecule has 1 aliphatic rings. The molecule has 1 N–H and O–H groups in total. The average molecular weight is 249 g/mol. The maximum Gasteiger partial charge on any atom is 0.146 e. The molecule has 1 aromatic carbocycles. The van der Waals surface area contributed by atoms with Crippen LogP contribution in [0.1, 0.15) is 63.4 Å². The van der Waals surface area contributed by atoms with Gasteiger partial charge in [-0.15, -0.1) is 0 Å². The monoisotopic (exact) mass is 249 g/mol. The molecule has 0 saturated carbocycles. The fourth-order valence-electron chi connectivity index (χ4n) is 2.83. The minimum atomic E-state index is -0.0991. The normalized spacial score (nSPS) is 17.6. The Hall–Kier alpha value is -1.05. The van der Waals surface area contributed by atoms with Gasteiger partial charge in [0.2, 0.25) is 0 Å². The van der Waals surface area contributed by atoms with Gasteiger partial charge in [-0.3, -0.25) is 0 Å². The average Bonchev–Trinajstić information content (AvgIpc) is 2.79. The highest BCUT2D eigenvalue weighted by Crippen LogP contribution is 2.36. The summed E-state index contributed by atoms with van der Waals surface area (Å²) in [6.45, 7) is 3.15. The van der Waals surface area contributed by atoms with E-state index < -0.39 is 0 Å². The maximum absolute atomic E-state index is 13.5. The van der Waals surface area contributed by atoms with Crippen molar-refractivity contribution in [2.45, 2.75) is 57.8 Å². The Morgan fingerprint density at radius 1 is 1.17 bits per heavy atom. The first kappa shape index (κ1) is 13.4. The molecule has 0 fully saturated rings. The number of anilines is 1. The van der Waals surface area contributed by atoms with Gasteiger partial charge in [0.15, 0.2) is 0 Å². The van der Waals surface area contributed by atoms with Crippen LogP contribution in [0.4, 0.5) is 10.1 Å². The molecular weight excluding hydrogens is 225 g/mol. The van der Waals surface area contributed by atoms with Gasteiger partial charge in [-0.2, -0.15) is 0 Å². The van der Waals surface area contributed by atoms with Crippen molar-refractivity contribution in [1.82, 2.24) is 0 Å².